The fourth-order valence-corrected chi connectivity index (χ4v) is 4.89. The zero-order valence-electron chi connectivity index (χ0n) is 24.3. The Morgan fingerprint density at radius 1 is 0.810 bits per heavy atom. The van der Waals surface area contributed by atoms with Crippen molar-refractivity contribution in [1.82, 2.24) is 14.9 Å². The lowest BCUT2D eigenvalue weighted by atomic mass is 10.1. The highest BCUT2D eigenvalue weighted by molar-refractivity contribution is 5.89. The lowest BCUT2D eigenvalue weighted by Crippen LogP contribution is -2.36. The average Bonchev–Trinajstić information content (AvgIpc) is 3.44. The van der Waals surface area contributed by atoms with Gasteiger partial charge < -0.3 is 20.5 Å². The van der Waals surface area contributed by atoms with Gasteiger partial charge in [-0.1, -0.05) is 93.3 Å². The number of amides is 2. The van der Waals surface area contributed by atoms with Gasteiger partial charge in [0.15, 0.2) is 0 Å². The van der Waals surface area contributed by atoms with E-state index in [1.807, 2.05) is 36.4 Å². The number of H-pyrrole nitrogens is 1. The molecule has 3 N–H and O–H groups in total. The van der Waals surface area contributed by atoms with E-state index < -0.39 is 11.6 Å². The molecule has 3 aromatic carbocycles. The SMILES string of the molecule is CCCCCCCN(CCCCCNc1nc(-c2ccccc2)c(-c2ccccc2)[nH]1)C(=O)Nc1ccc(F)cc1F. The number of rotatable bonds is 16. The van der Waals surface area contributed by atoms with Crippen LogP contribution in [0.1, 0.15) is 58.3 Å². The van der Waals surface area contributed by atoms with E-state index in [-0.39, 0.29) is 11.7 Å². The van der Waals surface area contributed by atoms with E-state index in [0.717, 1.165) is 92.1 Å². The van der Waals surface area contributed by atoms with E-state index in [2.05, 4.69) is 46.8 Å². The van der Waals surface area contributed by atoms with Crippen molar-refractivity contribution in [2.45, 2.75) is 58.3 Å². The largest absolute Gasteiger partial charge is 0.356 e. The molecular formula is C34H41F2N5O. The standard InChI is InChI=1S/C34H41F2N5O/c1-2-3-4-5-14-23-41(34(42)38-30-21-20-28(35)25-29(30)36)24-15-8-13-22-37-33-39-31(26-16-9-6-10-17-26)32(40-33)27-18-11-7-12-19-27/h6-7,9-12,16-21,25H,2-5,8,13-15,22-24H2,1H3,(H,38,42)(H2,37,39,40). The van der Waals surface area contributed by atoms with Gasteiger partial charge in [0.2, 0.25) is 5.95 Å². The summed E-state index contributed by atoms with van der Waals surface area (Å²) in [5, 5.41) is 6.04. The molecule has 0 radical (unpaired) electrons. The van der Waals surface area contributed by atoms with Crippen molar-refractivity contribution in [2.24, 2.45) is 0 Å². The van der Waals surface area contributed by atoms with Gasteiger partial charge in [0.1, 0.15) is 11.6 Å². The number of carbonyl (C=O) groups is 1. The van der Waals surface area contributed by atoms with Gasteiger partial charge in [0, 0.05) is 36.8 Å². The summed E-state index contributed by atoms with van der Waals surface area (Å²) in [6.45, 7) is 4.08. The molecule has 0 bridgehead atoms. The zero-order chi connectivity index (χ0) is 29.6. The average molecular weight is 574 g/mol. The number of unbranched alkanes of at least 4 members (excludes halogenated alkanes) is 6. The van der Waals surface area contributed by atoms with E-state index in [4.69, 9.17) is 4.98 Å². The van der Waals surface area contributed by atoms with Crippen LogP contribution in [0, 0.1) is 11.6 Å². The van der Waals surface area contributed by atoms with Crippen molar-refractivity contribution in [3.8, 4) is 22.5 Å². The van der Waals surface area contributed by atoms with Crippen LogP contribution in [0.15, 0.2) is 78.9 Å². The maximum absolute atomic E-state index is 14.1. The smallest absolute Gasteiger partial charge is 0.321 e. The van der Waals surface area contributed by atoms with Gasteiger partial charge in [-0.2, -0.15) is 0 Å². The summed E-state index contributed by atoms with van der Waals surface area (Å²) >= 11 is 0. The molecule has 1 aromatic heterocycles. The van der Waals surface area contributed by atoms with Crippen molar-refractivity contribution < 1.29 is 13.6 Å². The summed E-state index contributed by atoms with van der Waals surface area (Å²) in [5.74, 6) is -0.725. The third-order valence-corrected chi connectivity index (χ3v) is 7.20. The minimum atomic E-state index is -0.777. The molecule has 6 nitrogen and oxygen atoms in total. The fourth-order valence-electron chi connectivity index (χ4n) is 4.89. The molecule has 0 aliphatic rings. The molecule has 42 heavy (non-hydrogen) atoms. The monoisotopic (exact) mass is 573 g/mol. The molecule has 0 fully saturated rings. The second-order valence-corrected chi connectivity index (χ2v) is 10.5. The number of imidazole rings is 1. The van der Waals surface area contributed by atoms with E-state index >= 15 is 0 Å². The number of nitrogens with one attached hydrogen (secondary N) is 3. The van der Waals surface area contributed by atoms with E-state index in [1.165, 1.54) is 12.5 Å². The Morgan fingerprint density at radius 3 is 2.12 bits per heavy atom. The van der Waals surface area contributed by atoms with Crippen LogP contribution < -0.4 is 10.6 Å². The van der Waals surface area contributed by atoms with Gasteiger partial charge in [-0.3, -0.25) is 0 Å². The van der Waals surface area contributed by atoms with Crippen LogP contribution in [0.25, 0.3) is 22.5 Å². The molecular weight excluding hydrogens is 532 g/mol. The summed E-state index contributed by atoms with van der Waals surface area (Å²) in [7, 11) is 0. The number of aromatic nitrogens is 2. The molecule has 4 rings (SSSR count). The Balaban J connectivity index is 1.29. The second kappa shape index (κ2) is 16.3. The van der Waals surface area contributed by atoms with Crippen molar-refractivity contribution >= 4 is 17.7 Å². The number of urea groups is 1. The molecule has 4 aromatic rings. The Morgan fingerprint density at radius 2 is 1.45 bits per heavy atom. The third kappa shape index (κ3) is 9.16. The van der Waals surface area contributed by atoms with Crippen LogP contribution in [0.3, 0.4) is 0 Å². The molecule has 0 atom stereocenters. The van der Waals surface area contributed by atoms with Crippen LogP contribution in [-0.4, -0.2) is 40.5 Å². The number of halogens is 2. The lowest BCUT2D eigenvalue weighted by Gasteiger charge is -2.23. The zero-order valence-corrected chi connectivity index (χ0v) is 24.3. The van der Waals surface area contributed by atoms with Gasteiger partial charge in [0.25, 0.3) is 0 Å². The molecule has 0 saturated carbocycles. The van der Waals surface area contributed by atoms with E-state index in [9.17, 15) is 13.6 Å². The lowest BCUT2D eigenvalue weighted by molar-refractivity contribution is 0.209. The number of hydrogen-bond donors (Lipinski definition) is 3. The minimum absolute atomic E-state index is 0.00947. The van der Waals surface area contributed by atoms with Gasteiger partial charge in [-0.05, 0) is 37.8 Å². The van der Waals surface area contributed by atoms with E-state index in [0.29, 0.717) is 13.1 Å². The first-order valence-electron chi connectivity index (χ1n) is 15.0. The quantitative estimate of drug-likeness (QED) is 0.117. The van der Waals surface area contributed by atoms with Crippen molar-refractivity contribution in [1.29, 1.82) is 0 Å². The number of anilines is 2. The summed E-state index contributed by atoms with van der Waals surface area (Å²) in [5.41, 5.74) is 3.99. The number of benzene rings is 3. The summed E-state index contributed by atoms with van der Waals surface area (Å²) in [6, 6.07) is 23.1. The van der Waals surface area contributed by atoms with Crippen LogP contribution in [-0.2, 0) is 0 Å². The Kier molecular flexibility index (Phi) is 11.9. The summed E-state index contributed by atoms with van der Waals surface area (Å²) < 4.78 is 27.4. The molecule has 222 valence electrons. The molecule has 0 saturated heterocycles. The first-order valence-corrected chi connectivity index (χ1v) is 15.0. The highest BCUT2D eigenvalue weighted by Gasteiger charge is 2.16. The molecule has 2 amide bonds. The third-order valence-electron chi connectivity index (χ3n) is 7.20. The molecule has 0 aliphatic carbocycles. The van der Waals surface area contributed by atoms with Gasteiger partial charge >= 0.3 is 6.03 Å². The summed E-state index contributed by atoms with van der Waals surface area (Å²) in [6.07, 6.45) is 8.04. The van der Waals surface area contributed by atoms with Crippen molar-refractivity contribution in [2.75, 3.05) is 30.3 Å². The number of nitrogens with zero attached hydrogens (tertiary/aromatic N) is 2. The van der Waals surface area contributed by atoms with Gasteiger partial charge in [-0.25, -0.2) is 18.6 Å². The first kappa shape index (κ1) is 30.8. The van der Waals surface area contributed by atoms with Gasteiger partial charge in [0.05, 0.1) is 17.1 Å². The fraction of sp³-hybridized carbons (Fsp3) is 0.353. The summed E-state index contributed by atoms with van der Waals surface area (Å²) in [4.78, 5) is 23.0. The number of aromatic amines is 1. The molecule has 0 unspecified atom stereocenters. The topological polar surface area (TPSA) is 73.0 Å². The Bertz CT molecular complexity index is 1320. The predicted molar refractivity (Wildman–Crippen MR) is 168 cm³/mol. The van der Waals surface area contributed by atoms with Crippen LogP contribution in [0.2, 0.25) is 0 Å². The predicted octanol–water partition coefficient (Wildman–Crippen LogP) is 9.11. The maximum atomic E-state index is 14.1. The van der Waals surface area contributed by atoms with Crippen LogP contribution in [0.4, 0.5) is 25.2 Å². The van der Waals surface area contributed by atoms with Crippen molar-refractivity contribution in [3.05, 3.63) is 90.5 Å². The van der Waals surface area contributed by atoms with E-state index in [1.54, 1.807) is 4.90 Å². The number of carbonyl (C=O) groups excluding carboxylic acids is 1. The first-order chi connectivity index (χ1) is 20.5. The number of hydrogen-bond acceptors (Lipinski definition) is 3. The Labute approximate surface area is 247 Å². The van der Waals surface area contributed by atoms with Crippen molar-refractivity contribution in [3.63, 3.8) is 0 Å². The highest BCUT2D eigenvalue weighted by atomic mass is 19.1. The van der Waals surface area contributed by atoms with Gasteiger partial charge in [-0.15, -0.1) is 0 Å². The molecule has 0 spiro atoms. The highest BCUT2D eigenvalue weighted by Crippen LogP contribution is 2.31. The van der Waals surface area contributed by atoms with Crippen LogP contribution in [0.5, 0.6) is 0 Å². The van der Waals surface area contributed by atoms with Crippen LogP contribution >= 0.6 is 0 Å². The molecule has 0 aliphatic heterocycles. The normalized spacial score (nSPS) is 10.9. The molecule has 8 heteroatoms. The minimum Gasteiger partial charge on any atom is -0.356 e. The second-order valence-electron chi connectivity index (χ2n) is 10.5. The molecule has 1 heterocycles. The maximum Gasteiger partial charge on any atom is 0.321 e. The Hall–Kier alpha value is -4.20.